The zero-order chi connectivity index (χ0) is 17.0. The maximum atomic E-state index is 12.0. The second-order valence-electron chi connectivity index (χ2n) is 5.21. The Kier molecular flexibility index (Phi) is 5.15. The highest BCUT2D eigenvalue weighted by atomic mass is 32.2. The van der Waals surface area contributed by atoms with Gasteiger partial charge < -0.3 is 4.84 Å². The van der Waals surface area contributed by atoms with Crippen LogP contribution in [0.5, 0.6) is 0 Å². The van der Waals surface area contributed by atoms with Crippen molar-refractivity contribution in [3.8, 4) is 0 Å². The molecular weight excluding hydrogens is 322 g/mol. The average Bonchev–Trinajstić information content (AvgIpc) is 2.72. The predicted molar refractivity (Wildman–Crippen MR) is 81.2 cm³/mol. The minimum absolute atomic E-state index is 0.121. The molecule has 1 aromatic carbocycles. The molecule has 2 rings (SSSR count). The summed E-state index contributed by atoms with van der Waals surface area (Å²) in [7, 11) is -3.62. The standard InChI is InChI=1S/C15H17NO6S/c1-2-3-6-9-23(20,21)10-13(17)22-16-14(18)11-7-4-5-8-12(11)15(16)19/h4-5,7-8H,2-3,6,9-10H2,1H3. The van der Waals surface area contributed by atoms with Gasteiger partial charge in [0, 0.05) is 0 Å². The fourth-order valence-electron chi connectivity index (χ4n) is 2.20. The summed E-state index contributed by atoms with van der Waals surface area (Å²) in [5.74, 6) is -3.68. The Labute approximate surface area is 134 Å². The zero-order valence-corrected chi connectivity index (χ0v) is 13.5. The lowest BCUT2D eigenvalue weighted by atomic mass is 10.1. The van der Waals surface area contributed by atoms with Crippen LogP contribution in [0.15, 0.2) is 24.3 Å². The molecular formula is C15H17NO6S. The highest BCUT2D eigenvalue weighted by molar-refractivity contribution is 7.92. The fraction of sp³-hybridized carbons (Fsp3) is 0.400. The van der Waals surface area contributed by atoms with Gasteiger partial charge in [0.25, 0.3) is 11.8 Å². The van der Waals surface area contributed by atoms with Crippen LogP contribution in [0, 0.1) is 0 Å². The number of amides is 2. The van der Waals surface area contributed by atoms with E-state index in [1.807, 2.05) is 6.92 Å². The minimum Gasteiger partial charge on any atom is -0.329 e. The summed E-state index contributed by atoms with van der Waals surface area (Å²) in [6.07, 6.45) is 2.06. The number of carbonyl (C=O) groups excluding carboxylic acids is 3. The van der Waals surface area contributed by atoms with E-state index in [1.54, 1.807) is 12.1 Å². The largest absolute Gasteiger partial charge is 0.348 e. The SMILES string of the molecule is CCCCCS(=O)(=O)CC(=O)ON1C(=O)c2ccccc2C1=O. The van der Waals surface area contributed by atoms with E-state index in [0.717, 1.165) is 12.8 Å². The number of sulfone groups is 1. The van der Waals surface area contributed by atoms with Gasteiger partial charge in [-0.2, -0.15) is 0 Å². The second-order valence-corrected chi connectivity index (χ2v) is 7.40. The van der Waals surface area contributed by atoms with Crippen LogP contribution < -0.4 is 0 Å². The molecule has 0 unspecified atom stereocenters. The second kappa shape index (κ2) is 6.91. The molecule has 2 amide bonds. The number of fused-ring (bicyclic) bond motifs is 1. The lowest BCUT2D eigenvalue weighted by Gasteiger charge is -2.12. The third-order valence-electron chi connectivity index (χ3n) is 3.35. The summed E-state index contributed by atoms with van der Waals surface area (Å²) < 4.78 is 23.6. The lowest BCUT2D eigenvalue weighted by molar-refractivity contribution is -0.165. The van der Waals surface area contributed by atoms with Gasteiger partial charge in [0.05, 0.1) is 16.9 Å². The Hall–Kier alpha value is -2.22. The Bertz CT molecular complexity index is 705. The molecule has 0 saturated heterocycles. The smallest absolute Gasteiger partial charge is 0.329 e. The molecule has 0 aromatic heterocycles. The molecule has 0 N–H and O–H groups in total. The van der Waals surface area contributed by atoms with Crippen LogP contribution in [-0.2, 0) is 19.5 Å². The van der Waals surface area contributed by atoms with Crippen molar-refractivity contribution in [3.05, 3.63) is 35.4 Å². The van der Waals surface area contributed by atoms with Crippen molar-refractivity contribution >= 4 is 27.6 Å². The lowest BCUT2D eigenvalue weighted by Crippen LogP contribution is -2.35. The number of hydrogen-bond donors (Lipinski definition) is 0. The van der Waals surface area contributed by atoms with E-state index in [2.05, 4.69) is 4.84 Å². The van der Waals surface area contributed by atoms with E-state index >= 15 is 0 Å². The molecule has 0 saturated carbocycles. The molecule has 0 atom stereocenters. The fourth-order valence-corrected chi connectivity index (χ4v) is 3.40. The summed E-state index contributed by atoms with van der Waals surface area (Å²) >= 11 is 0. The Balaban J connectivity index is 1.99. The maximum Gasteiger partial charge on any atom is 0.348 e. The minimum atomic E-state index is -3.62. The van der Waals surface area contributed by atoms with Crippen LogP contribution in [0.3, 0.4) is 0 Å². The first-order valence-corrected chi connectivity index (χ1v) is 9.07. The first kappa shape index (κ1) is 17.1. The van der Waals surface area contributed by atoms with Gasteiger partial charge in [0.2, 0.25) is 0 Å². The molecule has 23 heavy (non-hydrogen) atoms. The van der Waals surface area contributed by atoms with Gasteiger partial charge >= 0.3 is 5.97 Å². The molecule has 0 spiro atoms. The molecule has 124 valence electrons. The van der Waals surface area contributed by atoms with Gasteiger partial charge in [0.1, 0.15) is 0 Å². The number of nitrogens with zero attached hydrogens (tertiary/aromatic N) is 1. The van der Waals surface area contributed by atoms with Gasteiger partial charge in [-0.05, 0) is 18.6 Å². The van der Waals surface area contributed by atoms with Crippen LogP contribution in [0.25, 0.3) is 0 Å². The molecule has 1 heterocycles. The van der Waals surface area contributed by atoms with Gasteiger partial charge in [-0.3, -0.25) is 9.59 Å². The Morgan fingerprint density at radius 3 is 2.17 bits per heavy atom. The first-order valence-electron chi connectivity index (χ1n) is 7.24. The highest BCUT2D eigenvalue weighted by Gasteiger charge is 2.39. The Morgan fingerprint density at radius 1 is 1.09 bits per heavy atom. The summed E-state index contributed by atoms with van der Waals surface area (Å²) in [5.41, 5.74) is 0.243. The number of hydrogen-bond acceptors (Lipinski definition) is 6. The molecule has 0 fully saturated rings. The van der Waals surface area contributed by atoms with Crippen LogP contribution in [0.1, 0.15) is 46.9 Å². The zero-order valence-electron chi connectivity index (χ0n) is 12.6. The third kappa shape index (κ3) is 3.95. The van der Waals surface area contributed by atoms with E-state index in [9.17, 15) is 22.8 Å². The number of carbonyl (C=O) groups is 3. The van der Waals surface area contributed by atoms with Crippen molar-refractivity contribution < 1.29 is 27.6 Å². The monoisotopic (exact) mass is 339 g/mol. The van der Waals surface area contributed by atoms with Crippen molar-refractivity contribution in [2.24, 2.45) is 0 Å². The summed E-state index contributed by atoms with van der Waals surface area (Å²) in [6, 6.07) is 6.02. The maximum absolute atomic E-state index is 12.0. The summed E-state index contributed by atoms with van der Waals surface area (Å²) in [4.78, 5) is 40.4. The molecule has 1 aliphatic heterocycles. The van der Waals surface area contributed by atoms with Crippen LogP contribution in [0.2, 0.25) is 0 Å². The van der Waals surface area contributed by atoms with Gasteiger partial charge in [-0.15, -0.1) is 0 Å². The molecule has 1 aliphatic rings. The Morgan fingerprint density at radius 2 is 1.65 bits per heavy atom. The quantitative estimate of drug-likeness (QED) is 0.549. The molecule has 1 aromatic rings. The molecule has 7 nitrogen and oxygen atoms in total. The van der Waals surface area contributed by atoms with Crippen LogP contribution in [0.4, 0.5) is 0 Å². The molecule has 0 bridgehead atoms. The van der Waals surface area contributed by atoms with Crippen LogP contribution >= 0.6 is 0 Å². The average molecular weight is 339 g/mol. The third-order valence-corrected chi connectivity index (χ3v) is 4.93. The van der Waals surface area contributed by atoms with Gasteiger partial charge in [-0.1, -0.05) is 37.0 Å². The first-order chi connectivity index (χ1) is 10.9. The van der Waals surface area contributed by atoms with E-state index in [1.165, 1.54) is 12.1 Å². The molecule has 0 aliphatic carbocycles. The topological polar surface area (TPSA) is 97.8 Å². The highest BCUT2D eigenvalue weighted by Crippen LogP contribution is 2.22. The van der Waals surface area contributed by atoms with E-state index in [0.29, 0.717) is 11.5 Å². The summed E-state index contributed by atoms with van der Waals surface area (Å²) in [5, 5.41) is 0.314. The summed E-state index contributed by atoms with van der Waals surface area (Å²) in [6.45, 7) is 1.93. The predicted octanol–water partition coefficient (Wildman–Crippen LogP) is 1.35. The number of imide groups is 1. The number of hydroxylamine groups is 2. The molecule has 0 radical (unpaired) electrons. The van der Waals surface area contributed by atoms with Crippen molar-refractivity contribution in [3.63, 3.8) is 0 Å². The van der Waals surface area contributed by atoms with Crippen LogP contribution in [-0.4, -0.2) is 42.8 Å². The number of benzene rings is 1. The number of rotatable bonds is 7. The van der Waals surface area contributed by atoms with E-state index in [4.69, 9.17) is 0 Å². The van der Waals surface area contributed by atoms with E-state index in [-0.39, 0.29) is 16.9 Å². The number of unbranched alkanes of at least 4 members (excludes halogenated alkanes) is 2. The molecule has 8 heteroatoms. The van der Waals surface area contributed by atoms with Crippen molar-refractivity contribution in [1.29, 1.82) is 0 Å². The van der Waals surface area contributed by atoms with Crippen molar-refractivity contribution in [2.75, 3.05) is 11.5 Å². The van der Waals surface area contributed by atoms with Crippen molar-refractivity contribution in [2.45, 2.75) is 26.2 Å². The van der Waals surface area contributed by atoms with E-state index < -0.39 is 33.4 Å². The normalized spacial score (nSPS) is 14.0. The van der Waals surface area contributed by atoms with Gasteiger partial charge in [-0.25, -0.2) is 13.2 Å². The van der Waals surface area contributed by atoms with Gasteiger partial charge in [0.15, 0.2) is 15.6 Å². The van der Waals surface area contributed by atoms with Crippen molar-refractivity contribution in [1.82, 2.24) is 5.06 Å².